The number of anilines is 1. The fourth-order valence-electron chi connectivity index (χ4n) is 1.12. The van der Waals surface area contributed by atoms with E-state index in [0.29, 0.717) is 6.54 Å². The van der Waals surface area contributed by atoms with Gasteiger partial charge in [0.2, 0.25) is 10.0 Å². The van der Waals surface area contributed by atoms with Crippen molar-refractivity contribution in [2.24, 2.45) is 0 Å². The predicted molar refractivity (Wildman–Crippen MR) is 66.0 cm³/mol. The fraction of sp³-hybridized carbons (Fsp3) is 0.273. The lowest BCUT2D eigenvalue weighted by Gasteiger charge is -2.07. The molecule has 0 aliphatic carbocycles. The number of hydrogen-bond donors (Lipinski definition) is 2. The molecule has 0 saturated carbocycles. The maximum absolute atomic E-state index is 11.4. The SMILES string of the molecule is C=C(C)CNc1ccc(S(=O)(=O)NC)cc1. The maximum atomic E-state index is 11.4. The van der Waals surface area contributed by atoms with Gasteiger partial charge in [-0.15, -0.1) is 0 Å². The van der Waals surface area contributed by atoms with Gasteiger partial charge in [0.1, 0.15) is 0 Å². The molecule has 1 aromatic carbocycles. The zero-order valence-corrected chi connectivity index (χ0v) is 10.3. The largest absolute Gasteiger partial charge is 0.381 e. The third kappa shape index (κ3) is 3.36. The highest BCUT2D eigenvalue weighted by Crippen LogP contribution is 2.13. The van der Waals surface area contributed by atoms with Gasteiger partial charge in [-0.05, 0) is 38.2 Å². The first-order valence-electron chi connectivity index (χ1n) is 4.87. The summed E-state index contributed by atoms with van der Waals surface area (Å²) >= 11 is 0. The van der Waals surface area contributed by atoms with E-state index in [-0.39, 0.29) is 4.90 Å². The molecule has 2 N–H and O–H groups in total. The smallest absolute Gasteiger partial charge is 0.240 e. The molecular formula is C11H16N2O2S. The number of rotatable bonds is 5. The van der Waals surface area contributed by atoms with Gasteiger partial charge in [-0.3, -0.25) is 0 Å². The monoisotopic (exact) mass is 240 g/mol. The summed E-state index contributed by atoms with van der Waals surface area (Å²) in [5.41, 5.74) is 1.89. The van der Waals surface area contributed by atoms with E-state index < -0.39 is 10.0 Å². The summed E-state index contributed by atoms with van der Waals surface area (Å²) in [6, 6.07) is 6.58. The molecule has 0 aliphatic rings. The van der Waals surface area contributed by atoms with Crippen LogP contribution in [0.5, 0.6) is 0 Å². The Kier molecular flexibility index (Phi) is 4.09. The van der Waals surface area contributed by atoms with Crippen LogP contribution in [0.2, 0.25) is 0 Å². The van der Waals surface area contributed by atoms with Crippen molar-refractivity contribution >= 4 is 15.7 Å². The van der Waals surface area contributed by atoms with Crippen molar-refractivity contribution in [2.75, 3.05) is 18.9 Å². The van der Waals surface area contributed by atoms with E-state index in [1.807, 2.05) is 6.92 Å². The first-order valence-corrected chi connectivity index (χ1v) is 6.36. The summed E-state index contributed by atoms with van der Waals surface area (Å²) in [4.78, 5) is 0.260. The lowest BCUT2D eigenvalue weighted by molar-refractivity contribution is 0.588. The van der Waals surface area contributed by atoms with Crippen LogP contribution in [0.1, 0.15) is 6.92 Å². The lowest BCUT2D eigenvalue weighted by Crippen LogP contribution is -2.18. The first-order chi connectivity index (χ1) is 7.45. The van der Waals surface area contributed by atoms with Crippen LogP contribution < -0.4 is 10.0 Å². The van der Waals surface area contributed by atoms with Crippen molar-refractivity contribution in [2.45, 2.75) is 11.8 Å². The molecule has 0 aromatic heterocycles. The second-order valence-electron chi connectivity index (χ2n) is 3.54. The van der Waals surface area contributed by atoms with Crippen LogP contribution in [0.15, 0.2) is 41.3 Å². The molecule has 1 rings (SSSR count). The molecule has 0 amide bonds. The van der Waals surface area contributed by atoms with Gasteiger partial charge in [0.25, 0.3) is 0 Å². The van der Waals surface area contributed by atoms with E-state index in [1.165, 1.54) is 7.05 Å². The standard InChI is InChI=1S/C11H16N2O2S/c1-9(2)8-13-10-4-6-11(7-5-10)16(14,15)12-3/h4-7,12-13H,1,8H2,2-3H3. The highest BCUT2D eigenvalue weighted by Gasteiger charge is 2.09. The van der Waals surface area contributed by atoms with E-state index in [2.05, 4.69) is 16.6 Å². The van der Waals surface area contributed by atoms with Crippen molar-refractivity contribution in [3.63, 3.8) is 0 Å². The Balaban J connectivity index is 2.80. The van der Waals surface area contributed by atoms with E-state index in [9.17, 15) is 8.42 Å². The maximum Gasteiger partial charge on any atom is 0.240 e. The van der Waals surface area contributed by atoms with Crippen LogP contribution in [-0.2, 0) is 10.0 Å². The molecule has 0 spiro atoms. The highest BCUT2D eigenvalue weighted by molar-refractivity contribution is 7.89. The van der Waals surface area contributed by atoms with Gasteiger partial charge < -0.3 is 5.32 Å². The molecule has 0 fully saturated rings. The van der Waals surface area contributed by atoms with E-state index in [1.54, 1.807) is 24.3 Å². The molecule has 4 nitrogen and oxygen atoms in total. The molecular weight excluding hydrogens is 224 g/mol. The summed E-state index contributed by atoms with van der Waals surface area (Å²) in [7, 11) is -1.95. The Bertz CT molecular complexity index is 463. The number of nitrogens with one attached hydrogen (secondary N) is 2. The zero-order chi connectivity index (χ0) is 12.2. The quantitative estimate of drug-likeness (QED) is 0.768. The van der Waals surface area contributed by atoms with Crippen molar-refractivity contribution in [1.29, 1.82) is 0 Å². The van der Waals surface area contributed by atoms with Crippen LogP contribution in [0.4, 0.5) is 5.69 Å². The first kappa shape index (κ1) is 12.7. The van der Waals surface area contributed by atoms with Crippen LogP contribution in [0.3, 0.4) is 0 Å². The molecule has 0 aliphatic heterocycles. The Morgan fingerprint density at radius 3 is 2.31 bits per heavy atom. The van der Waals surface area contributed by atoms with Gasteiger partial charge in [0, 0.05) is 12.2 Å². The van der Waals surface area contributed by atoms with Gasteiger partial charge in [-0.25, -0.2) is 13.1 Å². The zero-order valence-electron chi connectivity index (χ0n) is 9.45. The molecule has 0 radical (unpaired) electrons. The molecule has 0 heterocycles. The lowest BCUT2D eigenvalue weighted by atomic mass is 10.3. The summed E-state index contributed by atoms with van der Waals surface area (Å²) in [6.45, 7) is 6.37. The van der Waals surface area contributed by atoms with Crippen molar-refractivity contribution < 1.29 is 8.42 Å². The van der Waals surface area contributed by atoms with Gasteiger partial charge >= 0.3 is 0 Å². The Morgan fingerprint density at radius 2 is 1.88 bits per heavy atom. The Labute approximate surface area is 96.4 Å². The van der Waals surface area contributed by atoms with Gasteiger partial charge in [-0.1, -0.05) is 12.2 Å². The second-order valence-corrected chi connectivity index (χ2v) is 5.43. The van der Waals surface area contributed by atoms with E-state index in [4.69, 9.17) is 0 Å². The van der Waals surface area contributed by atoms with Crippen LogP contribution in [-0.4, -0.2) is 22.0 Å². The number of hydrogen-bond acceptors (Lipinski definition) is 3. The minimum Gasteiger partial charge on any atom is -0.381 e. The molecule has 88 valence electrons. The summed E-state index contributed by atoms with van der Waals surface area (Å²) in [5.74, 6) is 0. The van der Waals surface area contributed by atoms with Crippen molar-refractivity contribution in [3.8, 4) is 0 Å². The van der Waals surface area contributed by atoms with Gasteiger partial charge in [-0.2, -0.15) is 0 Å². The minimum absolute atomic E-state index is 0.260. The Morgan fingerprint density at radius 1 is 1.31 bits per heavy atom. The average molecular weight is 240 g/mol. The van der Waals surface area contributed by atoms with Crippen LogP contribution >= 0.6 is 0 Å². The predicted octanol–water partition coefficient (Wildman–Crippen LogP) is 1.58. The minimum atomic E-state index is -3.34. The number of sulfonamides is 1. The van der Waals surface area contributed by atoms with Crippen molar-refractivity contribution in [3.05, 3.63) is 36.4 Å². The van der Waals surface area contributed by atoms with Crippen LogP contribution in [0, 0.1) is 0 Å². The van der Waals surface area contributed by atoms with Crippen LogP contribution in [0.25, 0.3) is 0 Å². The average Bonchev–Trinajstić information content (AvgIpc) is 2.27. The topological polar surface area (TPSA) is 58.2 Å². The van der Waals surface area contributed by atoms with Gasteiger partial charge in [0.15, 0.2) is 0 Å². The third-order valence-electron chi connectivity index (χ3n) is 2.03. The fourth-order valence-corrected chi connectivity index (χ4v) is 1.85. The van der Waals surface area contributed by atoms with E-state index in [0.717, 1.165) is 11.3 Å². The molecule has 16 heavy (non-hydrogen) atoms. The second kappa shape index (κ2) is 5.14. The van der Waals surface area contributed by atoms with E-state index >= 15 is 0 Å². The third-order valence-corrected chi connectivity index (χ3v) is 3.46. The summed E-state index contributed by atoms with van der Waals surface area (Å²) in [6.07, 6.45) is 0. The molecule has 0 unspecified atom stereocenters. The number of benzene rings is 1. The summed E-state index contributed by atoms with van der Waals surface area (Å²) < 4.78 is 25.1. The van der Waals surface area contributed by atoms with Crippen molar-refractivity contribution in [1.82, 2.24) is 4.72 Å². The Hall–Kier alpha value is -1.33. The molecule has 0 atom stereocenters. The summed E-state index contributed by atoms with van der Waals surface area (Å²) in [5, 5.41) is 3.13. The normalized spacial score (nSPS) is 11.1. The molecule has 1 aromatic rings. The highest BCUT2D eigenvalue weighted by atomic mass is 32.2. The molecule has 0 saturated heterocycles. The van der Waals surface area contributed by atoms with Gasteiger partial charge in [0.05, 0.1) is 4.90 Å². The molecule has 5 heteroatoms. The molecule has 0 bridgehead atoms.